The minimum absolute atomic E-state index is 0.0999. The molecule has 1 atom stereocenters. The highest BCUT2D eigenvalue weighted by molar-refractivity contribution is 8.01. The van der Waals surface area contributed by atoms with E-state index in [-0.39, 0.29) is 24.1 Å². The van der Waals surface area contributed by atoms with Gasteiger partial charge in [-0.1, -0.05) is 53.4 Å². The van der Waals surface area contributed by atoms with Crippen molar-refractivity contribution in [2.75, 3.05) is 18.6 Å². The minimum Gasteiger partial charge on any atom is -0.466 e. The molecule has 0 aliphatic rings. The van der Waals surface area contributed by atoms with Crippen LogP contribution >= 0.6 is 35.1 Å². The molecule has 0 saturated carbocycles. The maximum Gasteiger partial charge on any atom is 0.308 e. The van der Waals surface area contributed by atoms with Crippen LogP contribution in [0.3, 0.4) is 0 Å². The predicted octanol–water partition coefficient (Wildman–Crippen LogP) is 3.47. The van der Waals surface area contributed by atoms with Gasteiger partial charge in [0.2, 0.25) is 11.1 Å². The highest BCUT2D eigenvalue weighted by atomic mass is 32.2. The third kappa shape index (κ3) is 6.62. The van der Waals surface area contributed by atoms with Gasteiger partial charge in [-0.05, 0) is 37.2 Å². The van der Waals surface area contributed by atoms with E-state index < -0.39 is 6.04 Å². The Morgan fingerprint density at radius 1 is 1.31 bits per heavy atom. The second-order valence-corrected chi connectivity index (χ2v) is 8.12. The summed E-state index contributed by atoms with van der Waals surface area (Å²) < 4.78 is 9.95. The van der Waals surface area contributed by atoms with E-state index in [4.69, 9.17) is 4.74 Å². The number of aryl methyl sites for hydroxylation is 1. The van der Waals surface area contributed by atoms with Crippen molar-refractivity contribution in [1.82, 2.24) is 14.7 Å². The number of hydrogen-bond acceptors (Lipinski definition) is 8. The van der Waals surface area contributed by atoms with E-state index in [9.17, 15) is 9.59 Å². The topological polar surface area (TPSA) is 81.2 Å². The van der Waals surface area contributed by atoms with Crippen molar-refractivity contribution in [3.63, 3.8) is 0 Å². The molecule has 2 aromatic rings. The molecule has 0 spiro atoms. The van der Waals surface area contributed by atoms with Gasteiger partial charge in [0.05, 0.1) is 24.8 Å². The second kappa shape index (κ2) is 10.5. The highest BCUT2D eigenvalue weighted by Crippen LogP contribution is 2.24. The molecule has 6 nitrogen and oxygen atoms in total. The summed E-state index contributed by atoms with van der Waals surface area (Å²) in [6.45, 7) is 4.07. The minimum atomic E-state index is -0.418. The molecule has 0 aliphatic heterocycles. The summed E-state index contributed by atoms with van der Waals surface area (Å²) in [4.78, 5) is 28.5. The molecule has 0 bridgehead atoms. The molecule has 1 aromatic carbocycles. The van der Waals surface area contributed by atoms with Gasteiger partial charge in [-0.25, -0.2) is 4.98 Å². The van der Waals surface area contributed by atoms with Crippen LogP contribution in [0.1, 0.15) is 30.5 Å². The van der Waals surface area contributed by atoms with E-state index >= 15 is 0 Å². The molecule has 9 heteroatoms. The van der Waals surface area contributed by atoms with Gasteiger partial charge in [-0.3, -0.25) is 9.59 Å². The Balaban J connectivity index is 1.98. The molecule has 0 saturated heterocycles. The average Bonchev–Trinajstić information content (AvgIpc) is 3.08. The van der Waals surface area contributed by atoms with Gasteiger partial charge < -0.3 is 10.1 Å². The lowest BCUT2D eigenvalue weighted by atomic mass is 10.0. The smallest absolute Gasteiger partial charge is 0.308 e. The molecule has 2 rings (SSSR count). The Morgan fingerprint density at radius 3 is 2.65 bits per heavy atom. The van der Waals surface area contributed by atoms with Crippen LogP contribution in [0.25, 0.3) is 0 Å². The second-order valence-electron chi connectivity index (χ2n) is 5.38. The summed E-state index contributed by atoms with van der Waals surface area (Å²) in [5, 5.41) is 3.63. The number of aromatic nitrogens is 2. The van der Waals surface area contributed by atoms with Gasteiger partial charge in [-0.2, -0.15) is 4.37 Å². The van der Waals surface area contributed by atoms with Crippen LogP contribution in [0.5, 0.6) is 0 Å². The van der Waals surface area contributed by atoms with Crippen molar-refractivity contribution < 1.29 is 14.3 Å². The van der Waals surface area contributed by atoms with Gasteiger partial charge in [-0.15, -0.1) is 0 Å². The number of carbonyl (C=O) groups excluding carboxylic acids is 2. The lowest BCUT2D eigenvalue weighted by Gasteiger charge is -2.18. The Kier molecular flexibility index (Phi) is 8.40. The lowest BCUT2D eigenvalue weighted by Crippen LogP contribution is -2.31. The number of ether oxygens (including phenoxy) is 1. The van der Waals surface area contributed by atoms with Crippen molar-refractivity contribution in [3.05, 3.63) is 35.4 Å². The Labute approximate surface area is 165 Å². The molecule has 1 aromatic heterocycles. The molecule has 0 unspecified atom stereocenters. The van der Waals surface area contributed by atoms with E-state index in [0.717, 1.165) is 15.5 Å². The summed E-state index contributed by atoms with van der Waals surface area (Å²) in [6, 6.07) is 7.34. The zero-order valence-corrected chi connectivity index (χ0v) is 17.3. The quantitative estimate of drug-likeness (QED) is 0.500. The molecule has 0 radical (unpaired) electrons. The number of thioether (sulfide) groups is 2. The summed E-state index contributed by atoms with van der Waals surface area (Å²) in [7, 11) is 0. The van der Waals surface area contributed by atoms with Crippen molar-refractivity contribution in [3.8, 4) is 0 Å². The number of nitrogens with zero attached hydrogens (tertiary/aromatic N) is 2. The SMILES string of the molecule is CCOC(=O)C[C@@H](NC(=O)CSc1nc(SC)ns1)c1ccc(C)cc1. The molecule has 1 N–H and O–H groups in total. The largest absolute Gasteiger partial charge is 0.466 e. The third-order valence-corrected chi connectivity index (χ3v) is 5.89. The Morgan fingerprint density at radius 2 is 2.04 bits per heavy atom. The van der Waals surface area contributed by atoms with Gasteiger partial charge >= 0.3 is 5.97 Å². The van der Waals surface area contributed by atoms with Gasteiger partial charge in [0.1, 0.15) is 0 Å². The maximum absolute atomic E-state index is 12.3. The summed E-state index contributed by atoms with van der Waals surface area (Å²) in [5.74, 6) is -0.278. The molecule has 1 heterocycles. The van der Waals surface area contributed by atoms with Gasteiger partial charge in [0.25, 0.3) is 0 Å². The number of esters is 1. The molecular formula is C17H21N3O3S3. The predicted molar refractivity (Wildman–Crippen MR) is 106 cm³/mol. The summed E-state index contributed by atoms with van der Waals surface area (Å²) >= 11 is 4.08. The average molecular weight is 412 g/mol. The molecule has 26 heavy (non-hydrogen) atoms. The standard InChI is InChI=1S/C17H21N3O3S3/c1-4-23-15(22)9-13(12-7-5-11(2)6-8-12)18-14(21)10-25-17-19-16(24-3)20-26-17/h5-8,13H,4,9-10H2,1-3H3,(H,18,21)/t13-/m1/s1. The van der Waals surface area contributed by atoms with Crippen LogP contribution in [0.4, 0.5) is 0 Å². The van der Waals surface area contributed by atoms with E-state index in [2.05, 4.69) is 14.7 Å². The monoisotopic (exact) mass is 411 g/mol. The lowest BCUT2D eigenvalue weighted by molar-refractivity contribution is -0.143. The first-order valence-electron chi connectivity index (χ1n) is 8.03. The van der Waals surface area contributed by atoms with Gasteiger partial charge in [0, 0.05) is 0 Å². The van der Waals surface area contributed by atoms with Gasteiger partial charge in [0.15, 0.2) is 4.34 Å². The zero-order chi connectivity index (χ0) is 18.9. The van der Waals surface area contributed by atoms with Crippen LogP contribution in [-0.4, -0.2) is 39.8 Å². The number of hydrogen-bond donors (Lipinski definition) is 1. The van der Waals surface area contributed by atoms with Crippen LogP contribution in [-0.2, 0) is 14.3 Å². The number of nitrogens with one attached hydrogen (secondary N) is 1. The van der Waals surface area contributed by atoms with E-state index in [1.165, 1.54) is 35.1 Å². The third-order valence-electron chi connectivity index (χ3n) is 3.39. The fourth-order valence-corrected chi connectivity index (χ4v) is 4.16. The first kappa shape index (κ1) is 20.7. The first-order valence-corrected chi connectivity index (χ1v) is 11.0. The Hall–Kier alpha value is -1.58. The van der Waals surface area contributed by atoms with Crippen LogP contribution < -0.4 is 5.32 Å². The van der Waals surface area contributed by atoms with Crippen molar-refractivity contribution in [2.24, 2.45) is 0 Å². The van der Waals surface area contributed by atoms with E-state index in [1.807, 2.05) is 37.4 Å². The zero-order valence-electron chi connectivity index (χ0n) is 14.9. The summed E-state index contributed by atoms with van der Waals surface area (Å²) in [5.41, 5.74) is 1.99. The van der Waals surface area contributed by atoms with E-state index in [1.54, 1.807) is 6.92 Å². The molecule has 0 fully saturated rings. The van der Waals surface area contributed by atoms with Crippen LogP contribution in [0.2, 0.25) is 0 Å². The van der Waals surface area contributed by atoms with E-state index in [0.29, 0.717) is 11.8 Å². The number of amides is 1. The molecule has 140 valence electrons. The number of carbonyl (C=O) groups is 2. The summed E-state index contributed by atoms with van der Waals surface area (Å²) in [6.07, 6.45) is 2.01. The highest BCUT2D eigenvalue weighted by Gasteiger charge is 2.19. The number of rotatable bonds is 9. The molecule has 1 amide bonds. The number of benzene rings is 1. The fraction of sp³-hybridized carbons (Fsp3) is 0.412. The van der Waals surface area contributed by atoms with Crippen molar-refractivity contribution >= 4 is 46.9 Å². The van der Waals surface area contributed by atoms with Crippen molar-refractivity contribution in [1.29, 1.82) is 0 Å². The van der Waals surface area contributed by atoms with Crippen LogP contribution in [0.15, 0.2) is 33.8 Å². The first-order chi connectivity index (χ1) is 12.5. The fourth-order valence-electron chi connectivity index (χ4n) is 2.14. The molecule has 0 aliphatic carbocycles. The van der Waals surface area contributed by atoms with Crippen LogP contribution in [0, 0.1) is 6.92 Å². The normalized spacial score (nSPS) is 11.8. The molecular weight excluding hydrogens is 390 g/mol. The van der Waals surface area contributed by atoms with Crippen molar-refractivity contribution in [2.45, 2.75) is 35.8 Å². The maximum atomic E-state index is 12.3. The Bertz CT molecular complexity index is 734.